The Balaban J connectivity index is 1.91. The van der Waals surface area contributed by atoms with E-state index in [0.29, 0.717) is 0 Å². The van der Waals surface area contributed by atoms with E-state index in [9.17, 15) is 0 Å². The van der Waals surface area contributed by atoms with Gasteiger partial charge in [0.05, 0.1) is 25.9 Å². The van der Waals surface area contributed by atoms with Gasteiger partial charge in [-0.1, -0.05) is 18.2 Å². The number of rotatable bonds is 0. The molecular formula is C19H12N4S. The van der Waals surface area contributed by atoms with Crippen LogP contribution < -0.4 is 0 Å². The molecule has 4 nitrogen and oxygen atoms in total. The molecule has 4 aromatic heterocycles. The van der Waals surface area contributed by atoms with Gasteiger partial charge in [0.25, 0.3) is 0 Å². The molecule has 0 saturated heterocycles. The van der Waals surface area contributed by atoms with E-state index < -0.39 is 0 Å². The third-order valence-corrected chi connectivity index (χ3v) is 6.00. The molecule has 0 amide bonds. The molecule has 5 heteroatoms. The van der Waals surface area contributed by atoms with E-state index in [-0.39, 0.29) is 0 Å². The monoisotopic (exact) mass is 328 g/mol. The fraction of sp³-hybridized carbons (Fsp3) is 0.0526. The molecule has 2 aromatic carbocycles. The van der Waals surface area contributed by atoms with Gasteiger partial charge in [-0.25, -0.2) is 4.98 Å². The number of nitrogens with zero attached hydrogens (tertiary/aromatic N) is 4. The fourth-order valence-electron chi connectivity index (χ4n) is 3.72. The van der Waals surface area contributed by atoms with Crippen LogP contribution in [0.3, 0.4) is 0 Å². The maximum Gasteiger partial charge on any atom is 0.215 e. The van der Waals surface area contributed by atoms with Gasteiger partial charge in [-0.15, -0.1) is 11.3 Å². The molecule has 6 aromatic rings. The fourth-order valence-corrected chi connectivity index (χ4v) is 4.88. The highest BCUT2D eigenvalue weighted by atomic mass is 32.1. The zero-order valence-electron chi connectivity index (χ0n) is 12.9. The summed E-state index contributed by atoms with van der Waals surface area (Å²) in [5.41, 5.74) is 4.63. The van der Waals surface area contributed by atoms with Gasteiger partial charge in [0.2, 0.25) is 5.78 Å². The van der Waals surface area contributed by atoms with E-state index in [1.165, 1.54) is 31.2 Å². The second kappa shape index (κ2) is 4.13. The summed E-state index contributed by atoms with van der Waals surface area (Å²) in [6.07, 6.45) is 3.80. The molecule has 0 aliphatic heterocycles. The van der Waals surface area contributed by atoms with E-state index in [4.69, 9.17) is 4.98 Å². The lowest BCUT2D eigenvalue weighted by Crippen LogP contribution is -1.87. The summed E-state index contributed by atoms with van der Waals surface area (Å²) in [4.78, 5) is 9.25. The van der Waals surface area contributed by atoms with Crippen LogP contribution in [0.15, 0.2) is 54.9 Å². The number of benzene rings is 2. The second-order valence-electron chi connectivity index (χ2n) is 6.08. The van der Waals surface area contributed by atoms with Crippen molar-refractivity contribution in [3.63, 3.8) is 0 Å². The number of thiophene rings is 1. The first-order valence-electron chi connectivity index (χ1n) is 7.84. The normalized spacial score (nSPS) is 12.4. The van der Waals surface area contributed by atoms with E-state index in [1.807, 2.05) is 12.4 Å². The van der Waals surface area contributed by atoms with Crippen molar-refractivity contribution in [2.24, 2.45) is 7.05 Å². The minimum Gasteiger partial charge on any atom is -0.313 e. The SMILES string of the molecule is Cn1c2ccccc2n2c3ccc4c5ccncc5sc4c3nc12. The first-order valence-corrected chi connectivity index (χ1v) is 8.65. The summed E-state index contributed by atoms with van der Waals surface area (Å²) in [6, 6.07) is 14.9. The predicted octanol–water partition coefficient (Wildman–Crippen LogP) is 4.74. The molecule has 0 aliphatic rings. The Labute approximate surface area is 140 Å². The van der Waals surface area contributed by atoms with Crippen LogP contribution in [-0.4, -0.2) is 18.9 Å². The van der Waals surface area contributed by atoms with Crippen LogP contribution in [0.2, 0.25) is 0 Å². The van der Waals surface area contributed by atoms with Gasteiger partial charge in [0, 0.05) is 30.2 Å². The molecule has 0 aliphatic carbocycles. The highest BCUT2D eigenvalue weighted by molar-refractivity contribution is 7.26. The standard InChI is InChI=1S/C19H12N4S/c1-22-13-4-2-3-5-14(13)23-15-7-6-12-11-8-9-20-10-16(11)24-18(12)17(15)21-19(22)23/h2-10H,1H3. The van der Waals surface area contributed by atoms with Crippen molar-refractivity contribution in [3.8, 4) is 0 Å². The van der Waals surface area contributed by atoms with E-state index in [0.717, 1.165) is 16.8 Å². The van der Waals surface area contributed by atoms with Crippen molar-refractivity contribution in [3.05, 3.63) is 54.9 Å². The zero-order chi connectivity index (χ0) is 15.8. The van der Waals surface area contributed by atoms with Crippen LogP contribution >= 0.6 is 11.3 Å². The van der Waals surface area contributed by atoms with Crippen LogP contribution in [0.4, 0.5) is 0 Å². The average molecular weight is 328 g/mol. The minimum atomic E-state index is 0.981. The van der Waals surface area contributed by atoms with Crippen LogP contribution in [0, 0.1) is 0 Å². The maximum absolute atomic E-state index is 4.99. The molecule has 0 radical (unpaired) electrons. The van der Waals surface area contributed by atoms with Crippen LogP contribution in [-0.2, 0) is 7.05 Å². The van der Waals surface area contributed by atoms with Gasteiger partial charge >= 0.3 is 0 Å². The molecule has 4 heterocycles. The van der Waals surface area contributed by atoms with Gasteiger partial charge in [-0.2, -0.15) is 0 Å². The number of fused-ring (bicyclic) bond motifs is 9. The van der Waals surface area contributed by atoms with E-state index in [2.05, 4.69) is 63.5 Å². The Hall–Kier alpha value is -2.92. The first-order chi connectivity index (χ1) is 11.8. The van der Waals surface area contributed by atoms with Crippen molar-refractivity contribution in [2.45, 2.75) is 0 Å². The largest absolute Gasteiger partial charge is 0.313 e. The Bertz CT molecular complexity index is 1420. The summed E-state index contributed by atoms with van der Waals surface area (Å²) in [5.74, 6) is 0.981. The Morgan fingerprint density at radius 1 is 0.917 bits per heavy atom. The van der Waals surface area contributed by atoms with Crippen molar-refractivity contribution in [1.82, 2.24) is 18.9 Å². The summed E-state index contributed by atoms with van der Waals surface area (Å²) in [5, 5.41) is 2.52. The molecule has 0 atom stereocenters. The minimum absolute atomic E-state index is 0.981. The molecule has 24 heavy (non-hydrogen) atoms. The lowest BCUT2D eigenvalue weighted by Gasteiger charge is -1.96. The van der Waals surface area contributed by atoms with Crippen LogP contribution in [0.1, 0.15) is 0 Å². The number of aryl methyl sites for hydroxylation is 1. The summed E-state index contributed by atoms with van der Waals surface area (Å²) in [6.45, 7) is 0. The third-order valence-electron chi connectivity index (χ3n) is 4.83. The number of pyridine rings is 1. The van der Waals surface area contributed by atoms with Gasteiger partial charge in [0.1, 0.15) is 5.52 Å². The first kappa shape index (κ1) is 12.5. The highest BCUT2D eigenvalue weighted by Gasteiger charge is 2.17. The topological polar surface area (TPSA) is 35.1 Å². The number of hydrogen-bond donors (Lipinski definition) is 0. The highest BCUT2D eigenvalue weighted by Crippen LogP contribution is 2.38. The van der Waals surface area contributed by atoms with Crippen molar-refractivity contribution in [2.75, 3.05) is 0 Å². The molecule has 0 bridgehead atoms. The van der Waals surface area contributed by atoms with Gasteiger partial charge in [-0.3, -0.25) is 9.38 Å². The van der Waals surface area contributed by atoms with Gasteiger partial charge in [-0.05, 0) is 24.3 Å². The lowest BCUT2D eigenvalue weighted by atomic mass is 10.1. The molecule has 0 spiro atoms. The number of hydrogen-bond acceptors (Lipinski definition) is 3. The van der Waals surface area contributed by atoms with Gasteiger partial charge in [0.15, 0.2) is 0 Å². The number of imidazole rings is 2. The molecular weight excluding hydrogens is 316 g/mol. The Morgan fingerprint density at radius 3 is 2.71 bits per heavy atom. The second-order valence-corrected chi connectivity index (χ2v) is 7.13. The smallest absolute Gasteiger partial charge is 0.215 e. The number of para-hydroxylation sites is 2. The van der Waals surface area contributed by atoms with Crippen molar-refractivity contribution >= 4 is 59.4 Å². The summed E-state index contributed by atoms with van der Waals surface area (Å²) < 4.78 is 6.87. The van der Waals surface area contributed by atoms with Crippen molar-refractivity contribution < 1.29 is 0 Å². The molecule has 0 saturated carbocycles. The molecule has 0 unspecified atom stereocenters. The van der Waals surface area contributed by atoms with Crippen LogP contribution in [0.25, 0.3) is 48.0 Å². The molecule has 114 valence electrons. The molecule has 6 rings (SSSR count). The lowest BCUT2D eigenvalue weighted by molar-refractivity contribution is 0.974. The molecule has 0 fully saturated rings. The average Bonchev–Trinajstić information content (AvgIpc) is 3.26. The third kappa shape index (κ3) is 1.35. The van der Waals surface area contributed by atoms with Crippen molar-refractivity contribution in [1.29, 1.82) is 0 Å². The Kier molecular flexibility index (Phi) is 2.15. The van der Waals surface area contributed by atoms with Crippen LogP contribution in [0.5, 0.6) is 0 Å². The maximum atomic E-state index is 4.99. The van der Waals surface area contributed by atoms with E-state index >= 15 is 0 Å². The summed E-state index contributed by atoms with van der Waals surface area (Å²) in [7, 11) is 2.08. The van der Waals surface area contributed by atoms with E-state index in [1.54, 1.807) is 11.3 Å². The number of aromatic nitrogens is 4. The summed E-state index contributed by atoms with van der Waals surface area (Å²) >= 11 is 1.77. The Morgan fingerprint density at radius 2 is 1.79 bits per heavy atom. The zero-order valence-corrected chi connectivity index (χ0v) is 13.7. The molecule has 0 N–H and O–H groups in total. The van der Waals surface area contributed by atoms with Gasteiger partial charge < -0.3 is 4.57 Å². The predicted molar refractivity (Wildman–Crippen MR) is 99.9 cm³/mol. The quantitative estimate of drug-likeness (QED) is 0.403.